The standard InChI is InChI=1S/C7H12N2O2/c1-3-6-8-4-5(9-6)7(10)11-2/h5H,3-4H2,1-2H3,(H,8,9). The molecule has 1 aliphatic heterocycles. The fourth-order valence-electron chi connectivity index (χ4n) is 0.983. The number of carbonyl (C=O) groups excluding carboxylic acids is 1. The van der Waals surface area contributed by atoms with Gasteiger partial charge in [-0.05, 0) is 0 Å². The van der Waals surface area contributed by atoms with Crippen LogP contribution in [0.15, 0.2) is 4.99 Å². The summed E-state index contributed by atoms with van der Waals surface area (Å²) in [4.78, 5) is 15.0. The number of nitrogens with zero attached hydrogens (tertiary/aromatic N) is 1. The first-order valence-electron chi connectivity index (χ1n) is 3.65. The highest BCUT2D eigenvalue weighted by atomic mass is 16.5. The van der Waals surface area contributed by atoms with Crippen molar-refractivity contribution in [1.82, 2.24) is 5.32 Å². The molecule has 0 aromatic heterocycles. The van der Waals surface area contributed by atoms with Gasteiger partial charge in [-0.15, -0.1) is 0 Å². The van der Waals surface area contributed by atoms with Crippen LogP contribution in [-0.2, 0) is 9.53 Å². The average Bonchev–Trinajstić information content (AvgIpc) is 2.50. The molecule has 0 saturated carbocycles. The number of hydrogen-bond acceptors (Lipinski definition) is 4. The topological polar surface area (TPSA) is 50.7 Å². The Morgan fingerprint density at radius 3 is 3.09 bits per heavy atom. The SMILES string of the molecule is CCC1=NCC(C(=O)OC)N1. The van der Waals surface area contributed by atoms with Crippen molar-refractivity contribution in [2.24, 2.45) is 4.99 Å². The van der Waals surface area contributed by atoms with Crippen molar-refractivity contribution in [3.05, 3.63) is 0 Å². The van der Waals surface area contributed by atoms with E-state index < -0.39 is 0 Å². The second-order valence-corrected chi connectivity index (χ2v) is 2.36. The molecule has 1 aliphatic rings. The number of esters is 1. The molecule has 4 heteroatoms. The summed E-state index contributed by atoms with van der Waals surface area (Å²) in [5, 5.41) is 2.97. The first-order valence-corrected chi connectivity index (χ1v) is 3.65. The third-order valence-corrected chi connectivity index (χ3v) is 1.63. The molecule has 0 saturated heterocycles. The van der Waals surface area contributed by atoms with E-state index in [0.29, 0.717) is 6.54 Å². The van der Waals surface area contributed by atoms with Gasteiger partial charge < -0.3 is 10.1 Å². The van der Waals surface area contributed by atoms with E-state index in [1.54, 1.807) is 0 Å². The van der Waals surface area contributed by atoms with Crippen LogP contribution in [0, 0.1) is 0 Å². The number of aliphatic imine (C=N–C) groups is 1. The van der Waals surface area contributed by atoms with E-state index in [1.165, 1.54) is 7.11 Å². The third kappa shape index (κ3) is 1.69. The van der Waals surface area contributed by atoms with Crippen molar-refractivity contribution in [2.45, 2.75) is 19.4 Å². The summed E-state index contributed by atoms with van der Waals surface area (Å²) in [6.07, 6.45) is 0.841. The molecule has 0 aromatic carbocycles. The van der Waals surface area contributed by atoms with E-state index >= 15 is 0 Å². The van der Waals surface area contributed by atoms with Gasteiger partial charge in [-0.25, -0.2) is 4.79 Å². The summed E-state index contributed by atoms with van der Waals surface area (Å²) in [7, 11) is 1.38. The largest absolute Gasteiger partial charge is 0.467 e. The molecule has 1 heterocycles. The molecule has 1 unspecified atom stereocenters. The van der Waals surface area contributed by atoms with Gasteiger partial charge in [0.05, 0.1) is 19.5 Å². The molecule has 0 aromatic rings. The smallest absolute Gasteiger partial charge is 0.330 e. The van der Waals surface area contributed by atoms with Crippen LogP contribution in [0.25, 0.3) is 0 Å². The molecule has 0 radical (unpaired) electrons. The molecular weight excluding hydrogens is 144 g/mol. The number of ether oxygens (including phenoxy) is 1. The zero-order valence-corrected chi connectivity index (χ0v) is 6.76. The lowest BCUT2D eigenvalue weighted by atomic mass is 10.3. The van der Waals surface area contributed by atoms with Crippen LogP contribution >= 0.6 is 0 Å². The average molecular weight is 156 g/mol. The quantitative estimate of drug-likeness (QED) is 0.570. The minimum absolute atomic E-state index is 0.239. The molecule has 0 fully saturated rings. The van der Waals surface area contributed by atoms with Crippen molar-refractivity contribution in [2.75, 3.05) is 13.7 Å². The van der Waals surface area contributed by atoms with Crippen LogP contribution in [0.4, 0.5) is 0 Å². The number of methoxy groups -OCH3 is 1. The molecule has 4 nitrogen and oxygen atoms in total. The van der Waals surface area contributed by atoms with Crippen LogP contribution in [0.1, 0.15) is 13.3 Å². The Morgan fingerprint density at radius 2 is 2.64 bits per heavy atom. The first-order chi connectivity index (χ1) is 5.27. The number of carbonyl (C=O) groups is 1. The van der Waals surface area contributed by atoms with Gasteiger partial charge in [0.15, 0.2) is 0 Å². The van der Waals surface area contributed by atoms with Gasteiger partial charge in [0.25, 0.3) is 0 Å². The minimum Gasteiger partial charge on any atom is -0.467 e. The van der Waals surface area contributed by atoms with Crippen LogP contribution in [0.3, 0.4) is 0 Å². The Balaban J connectivity index is 2.41. The van der Waals surface area contributed by atoms with Crippen molar-refractivity contribution < 1.29 is 9.53 Å². The summed E-state index contributed by atoms with van der Waals surface area (Å²) in [5.74, 6) is 0.651. The first kappa shape index (κ1) is 8.04. The van der Waals surface area contributed by atoms with E-state index in [-0.39, 0.29) is 12.0 Å². The maximum absolute atomic E-state index is 10.9. The molecule has 0 spiro atoms. The normalized spacial score (nSPS) is 22.4. The van der Waals surface area contributed by atoms with Gasteiger partial charge in [-0.3, -0.25) is 4.99 Å². The Kier molecular flexibility index (Phi) is 2.46. The maximum atomic E-state index is 10.9. The van der Waals surface area contributed by atoms with E-state index in [1.807, 2.05) is 6.92 Å². The molecule has 0 amide bonds. The third-order valence-electron chi connectivity index (χ3n) is 1.63. The van der Waals surface area contributed by atoms with E-state index in [4.69, 9.17) is 0 Å². The molecule has 11 heavy (non-hydrogen) atoms. The number of hydrogen-bond donors (Lipinski definition) is 1. The Labute approximate surface area is 65.6 Å². The summed E-state index contributed by atoms with van der Waals surface area (Å²) < 4.78 is 4.55. The molecule has 1 rings (SSSR count). The summed E-state index contributed by atoms with van der Waals surface area (Å²) in [5.41, 5.74) is 0. The lowest BCUT2D eigenvalue weighted by Gasteiger charge is -2.07. The van der Waals surface area contributed by atoms with E-state index in [0.717, 1.165) is 12.3 Å². The van der Waals surface area contributed by atoms with Crippen LogP contribution < -0.4 is 5.32 Å². The van der Waals surface area contributed by atoms with Crippen LogP contribution in [0.2, 0.25) is 0 Å². The Morgan fingerprint density at radius 1 is 1.91 bits per heavy atom. The predicted molar refractivity (Wildman–Crippen MR) is 41.5 cm³/mol. The van der Waals surface area contributed by atoms with Crippen molar-refractivity contribution in [1.29, 1.82) is 0 Å². The van der Waals surface area contributed by atoms with Gasteiger partial charge in [0.1, 0.15) is 6.04 Å². The zero-order valence-electron chi connectivity index (χ0n) is 6.76. The summed E-state index contributed by atoms with van der Waals surface area (Å²) in [6, 6.07) is -0.255. The van der Waals surface area contributed by atoms with Crippen molar-refractivity contribution >= 4 is 11.8 Å². The Hall–Kier alpha value is -1.06. The molecule has 0 aliphatic carbocycles. The van der Waals surface area contributed by atoms with Gasteiger partial charge in [-0.2, -0.15) is 0 Å². The summed E-state index contributed by atoms with van der Waals surface area (Å²) >= 11 is 0. The highest BCUT2D eigenvalue weighted by molar-refractivity contribution is 5.90. The molecule has 0 bridgehead atoms. The van der Waals surface area contributed by atoms with Crippen molar-refractivity contribution in [3.8, 4) is 0 Å². The van der Waals surface area contributed by atoms with Gasteiger partial charge in [-0.1, -0.05) is 6.92 Å². The predicted octanol–water partition coefficient (Wildman–Crippen LogP) is -0.0603. The lowest BCUT2D eigenvalue weighted by molar-refractivity contribution is -0.142. The van der Waals surface area contributed by atoms with E-state index in [2.05, 4.69) is 15.0 Å². The number of rotatable bonds is 2. The van der Waals surface area contributed by atoms with Crippen LogP contribution in [-0.4, -0.2) is 31.5 Å². The van der Waals surface area contributed by atoms with Crippen LogP contribution in [0.5, 0.6) is 0 Å². The molecular formula is C7H12N2O2. The highest BCUT2D eigenvalue weighted by Crippen LogP contribution is 1.99. The van der Waals surface area contributed by atoms with Gasteiger partial charge >= 0.3 is 5.97 Å². The number of nitrogens with one attached hydrogen (secondary N) is 1. The molecule has 1 atom stereocenters. The highest BCUT2D eigenvalue weighted by Gasteiger charge is 2.23. The van der Waals surface area contributed by atoms with Crippen molar-refractivity contribution in [3.63, 3.8) is 0 Å². The maximum Gasteiger partial charge on any atom is 0.330 e. The minimum atomic E-state index is -0.255. The lowest BCUT2D eigenvalue weighted by Crippen LogP contribution is -2.37. The van der Waals surface area contributed by atoms with Gasteiger partial charge in [0.2, 0.25) is 0 Å². The fourth-order valence-corrected chi connectivity index (χ4v) is 0.983. The monoisotopic (exact) mass is 156 g/mol. The molecule has 1 N–H and O–H groups in total. The second-order valence-electron chi connectivity index (χ2n) is 2.36. The molecule has 62 valence electrons. The van der Waals surface area contributed by atoms with Gasteiger partial charge in [0, 0.05) is 6.42 Å². The summed E-state index contributed by atoms with van der Waals surface area (Å²) in [6.45, 7) is 2.50. The second kappa shape index (κ2) is 3.37. The Bertz CT molecular complexity index is 189. The zero-order chi connectivity index (χ0) is 8.27. The number of amidine groups is 1. The van der Waals surface area contributed by atoms with E-state index in [9.17, 15) is 4.79 Å². The fraction of sp³-hybridized carbons (Fsp3) is 0.714.